The number of carbonyl (C=O) groups excluding carboxylic acids is 1. The van der Waals surface area contributed by atoms with E-state index in [0.717, 1.165) is 22.3 Å². The van der Waals surface area contributed by atoms with Crippen molar-refractivity contribution in [3.63, 3.8) is 0 Å². The second-order valence-electron chi connectivity index (χ2n) is 9.56. The molecule has 0 saturated carbocycles. The number of carboxylic acids is 1. The molecule has 37 heavy (non-hydrogen) atoms. The highest BCUT2D eigenvalue weighted by atomic mass is 16.6. The lowest BCUT2D eigenvalue weighted by atomic mass is 9.90. The number of benzene rings is 3. The number of aryl methyl sites for hydroxylation is 1. The summed E-state index contributed by atoms with van der Waals surface area (Å²) < 4.78 is 17.9. The SMILES string of the molecule is Cc1ccc2c(c1OCc1ccccc1)C[C@@H](C(=O)O)N(C(=O)[C@H](O[C@@H]1CCOC1)c1ccccc1)C2. The van der Waals surface area contributed by atoms with Crippen LogP contribution >= 0.6 is 0 Å². The fourth-order valence-corrected chi connectivity index (χ4v) is 5.01. The van der Waals surface area contributed by atoms with Crippen LogP contribution in [0.4, 0.5) is 0 Å². The van der Waals surface area contributed by atoms with Crippen LogP contribution in [0, 0.1) is 6.92 Å². The van der Waals surface area contributed by atoms with Gasteiger partial charge in [0.1, 0.15) is 18.4 Å². The van der Waals surface area contributed by atoms with Crippen molar-refractivity contribution < 1.29 is 28.9 Å². The molecule has 3 aromatic carbocycles. The minimum Gasteiger partial charge on any atom is -0.488 e. The molecule has 1 fully saturated rings. The summed E-state index contributed by atoms with van der Waals surface area (Å²) >= 11 is 0. The van der Waals surface area contributed by atoms with Gasteiger partial charge in [-0.15, -0.1) is 0 Å². The number of hydrogen-bond donors (Lipinski definition) is 1. The largest absolute Gasteiger partial charge is 0.488 e. The maximum absolute atomic E-state index is 13.9. The number of ether oxygens (including phenoxy) is 3. The minimum atomic E-state index is -1.05. The van der Waals surface area contributed by atoms with E-state index in [4.69, 9.17) is 14.2 Å². The molecular weight excluding hydrogens is 470 g/mol. The molecule has 7 heteroatoms. The molecule has 0 radical (unpaired) electrons. The molecule has 192 valence electrons. The predicted molar refractivity (Wildman–Crippen MR) is 137 cm³/mol. The summed E-state index contributed by atoms with van der Waals surface area (Å²) in [6, 6.07) is 22.0. The molecule has 2 heterocycles. The highest BCUT2D eigenvalue weighted by molar-refractivity contribution is 5.88. The Hall–Kier alpha value is -3.68. The monoisotopic (exact) mass is 501 g/mol. The van der Waals surface area contributed by atoms with Crippen LogP contribution < -0.4 is 4.74 Å². The first-order valence-corrected chi connectivity index (χ1v) is 12.6. The van der Waals surface area contributed by atoms with Gasteiger partial charge < -0.3 is 24.2 Å². The van der Waals surface area contributed by atoms with Gasteiger partial charge >= 0.3 is 5.97 Å². The number of carboxylic acid groups (broad SMARTS) is 1. The van der Waals surface area contributed by atoms with Crippen molar-refractivity contribution in [3.8, 4) is 5.75 Å². The van der Waals surface area contributed by atoms with E-state index < -0.39 is 18.1 Å². The van der Waals surface area contributed by atoms with Gasteiger partial charge in [0.2, 0.25) is 0 Å². The van der Waals surface area contributed by atoms with Crippen LogP contribution in [0.3, 0.4) is 0 Å². The Kier molecular flexibility index (Phi) is 7.53. The molecule has 0 unspecified atom stereocenters. The molecule has 2 aliphatic rings. The average molecular weight is 502 g/mol. The number of amides is 1. The molecule has 1 saturated heterocycles. The van der Waals surface area contributed by atoms with Crippen molar-refractivity contribution in [2.75, 3.05) is 13.2 Å². The third kappa shape index (κ3) is 5.53. The van der Waals surface area contributed by atoms with E-state index in [1.54, 1.807) is 0 Å². The van der Waals surface area contributed by atoms with Crippen LogP contribution in [0.25, 0.3) is 0 Å². The molecular formula is C30H31NO6. The van der Waals surface area contributed by atoms with E-state index >= 15 is 0 Å². The number of nitrogens with zero attached hydrogens (tertiary/aromatic N) is 1. The highest BCUT2D eigenvalue weighted by Gasteiger charge is 2.40. The summed E-state index contributed by atoms with van der Waals surface area (Å²) in [5.74, 6) is -0.715. The van der Waals surface area contributed by atoms with E-state index in [1.165, 1.54) is 4.90 Å². The Labute approximate surface area is 216 Å². The van der Waals surface area contributed by atoms with Crippen molar-refractivity contribution in [3.05, 3.63) is 101 Å². The van der Waals surface area contributed by atoms with Gasteiger partial charge in [-0.25, -0.2) is 4.79 Å². The number of aliphatic carboxylic acids is 1. The van der Waals surface area contributed by atoms with E-state index in [-0.39, 0.29) is 25.0 Å². The minimum absolute atomic E-state index is 0.163. The number of hydrogen-bond acceptors (Lipinski definition) is 5. The second kappa shape index (κ2) is 11.2. The third-order valence-electron chi connectivity index (χ3n) is 7.01. The Morgan fingerprint density at radius 2 is 1.78 bits per heavy atom. The molecule has 0 spiro atoms. The Morgan fingerprint density at radius 3 is 2.46 bits per heavy atom. The predicted octanol–water partition coefficient (Wildman–Crippen LogP) is 4.46. The zero-order chi connectivity index (χ0) is 25.8. The van der Waals surface area contributed by atoms with Crippen LogP contribution in [-0.4, -0.2) is 47.2 Å². The standard InChI is InChI=1S/C30H31NO6/c1-20-12-13-23-17-31(29(32)28(22-10-6-3-7-11-22)37-24-14-15-35-19-24)26(30(33)34)16-25(23)27(20)36-18-21-8-4-2-5-9-21/h2-13,24,26,28H,14-19H2,1H3,(H,33,34)/t24-,26+,28-/m1/s1. The lowest BCUT2D eigenvalue weighted by molar-refractivity contribution is -0.160. The van der Waals surface area contributed by atoms with Gasteiger partial charge in [0.05, 0.1) is 12.7 Å². The van der Waals surface area contributed by atoms with Crippen LogP contribution in [0.5, 0.6) is 5.75 Å². The van der Waals surface area contributed by atoms with Gasteiger partial charge in [-0.3, -0.25) is 4.79 Å². The van der Waals surface area contributed by atoms with Gasteiger partial charge in [-0.2, -0.15) is 0 Å². The third-order valence-corrected chi connectivity index (χ3v) is 7.01. The van der Waals surface area contributed by atoms with Crippen LogP contribution in [0.2, 0.25) is 0 Å². The van der Waals surface area contributed by atoms with Gasteiger partial charge in [0, 0.05) is 25.1 Å². The van der Waals surface area contributed by atoms with Crippen LogP contribution in [0.15, 0.2) is 72.8 Å². The van der Waals surface area contributed by atoms with Gasteiger partial charge in [-0.05, 0) is 35.6 Å². The molecule has 0 bridgehead atoms. The number of rotatable bonds is 8. The van der Waals surface area contributed by atoms with Gasteiger partial charge in [0.25, 0.3) is 5.91 Å². The maximum Gasteiger partial charge on any atom is 0.326 e. The first-order chi connectivity index (χ1) is 18.0. The fraction of sp³-hybridized carbons (Fsp3) is 0.333. The molecule has 0 aromatic heterocycles. The first-order valence-electron chi connectivity index (χ1n) is 12.6. The van der Waals surface area contributed by atoms with Crippen molar-refractivity contribution in [1.82, 2.24) is 4.90 Å². The van der Waals surface area contributed by atoms with Crippen LogP contribution in [-0.2, 0) is 38.6 Å². The summed E-state index contributed by atoms with van der Waals surface area (Å²) in [5.41, 5.74) is 4.39. The van der Waals surface area contributed by atoms with Gasteiger partial charge in [0.15, 0.2) is 6.10 Å². The van der Waals surface area contributed by atoms with Crippen LogP contribution in [0.1, 0.15) is 40.3 Å². The topological polar surface area (TPSA) is 85.3 Å². The lowest BCUT2D eigenvalue weighted by Gasteiger charge is -2.37. The molecule has 0 aliphatic carbocycles. The normalized spacial score (nSPS) is 19.8. The molecule has 1 amide bonds. The summed E-state index contributed by atoms with van der Waals surface area (Å²) in [5, 5.41) is 10.2. The van der Waals surface area contributed by atoms with E-state index in [9.17, 15) is 14.7 Å². The summed E-state index contributed by atoms with van der Waals surface area (Å²) in [6.45, 7) is 3.51. The fourth-order valence-electron chi connectivity index (χ4n) is 5.01. The first kappa shape index (κ1) is 25.0. The van der Waals surface area contributed by atoms with Gasteiger partial charge in [-0.1, -0.05) is 72.8 Å². The summed E-state index contributed by atoms with van der Waals surface area (Å²) in [7, 11) is 0. The molecule has 3 aromatic rings. The van der Waals surface area contributed by atoms with Crippen molar-refractivity contribution in [1.29, 1.82) is 0 Å². The average Bonchev–Trinajstić information content (AvgIpc) is 3.44. The van der Waals surface area contributed by atoms with Crippen molar-refractivity contribution >= 4 is 11.9 Å². The summed E-state index contributed by atoms with van der Waals surface area (Å²) in [4.78, 5) is 27.8. The Balaban J connectivity index is 1.44. The van der Waals surface area contributed by atoms with Crippen molar-refractivity contribution in [2.24, 2.45) is 0 Å². The Morgan fingerprint density at radius 1 is 1.05 bits per heavy atom. The quantitative estimate of drug-likeness (QED) is 0.491. The number of fused-ring (bicyclic) bond motifs is 1. The Bertz CT molecular complexity index is 1240. The zero-order valence-corrected chi connectivity index (χ0v) is 20.8. The molecule has 5 rings (SSSR count). The second-order valence-corrected chi connectivity index (χ2v) is 9.56. The molecule has 1 N–H and O–H groups in total. The zero-order valence-electron chi connectivity index (χ0n) is 20.8. The molecule has 3 atom stereocenters. The maximum atomic E-state index is 13.9. The number of carbonyl (C=O) groups is 2. The van der Waals surface area contributed by atoms with Crippen molar-refractivity contribution in [2.45, 2.75) is 51.2 Å². The van der Waals surface area contributed by atoms with E-state index in [1.807, 2.05) is 79.7 Å². The molecule has 2 aliphatic heterocycles. The highest BCUT2D eigenvalue weighted by Crippen LogP contribution is 2.36. The van der Waals surface area contributed by atoms with E-state index in [0.29, 0.717) is 37.6 Å². The van der Waals surface area contributed by atoms with E-state index in [2.05, 4.69) is 0 Å². The molecule has 7 nitrogen and oxygen atoms in total. The summed E-state index contributed by atoms with van der Waals surface area (Å²) in [6.07, 6.45) is -0.259. The lowest BCUT2D eigenvalue weighted by Crippen LogP contribution is -2.51. The smallest absolute Gasteiger partial charge is 0.326 e.